The van der Waals surface area contributed by atoms with Crippen molar-refractivity contribution in [3.05, 3.63) is 34.4 Å². The smallest absolute Gasteiger partial charge is 0.0105 e. The Bertz CT molecular complexity index is 394. The van der Waals surface area contributed by atoms with Crippen LogP contribution in [0.3, 0.4) is 0 Å². The maximum atomic E-state index is 5.63. The van der Waals surface area contributed by atoms with Crippen LogP contribution in [0.1, 0.15) is 35.1 Å². The van der Waals surface area contributed by atoms with Gasteiger partial charge in [0.05, 0.1) is 0 Å². The average Bonchev–Trinajstić information content (AvgIpc) is 2.36. The molecule has 19 heavy (non-hydrogen) atoms. The molecule has 1 aliphatic rings. The lowest BCUT2D eigenvalue weighted by Crippen LogP contribution is -2.37. The van der Waals surface area contributed by atoms with E-state index in [0.29, 0.717) is 0 Å². The van der Waals surface area contributed by atoms with Crippen molar-refractivity contribution in [3.63, 3.8) is 0 Å². The molecule has 0 unspecified atom stereocenters. The van der Waals surface area contributed by atoms with Crippen LogP contribution < -0.4 is 5.73 Å². The normalized spacial score (nSPS) is 17.9. The number of likely N-dealkylation sites (tertiary alicyclic amines) is 1. The van der Waals surface area contributed by atoms with Crippen molar-refractivity contribution in [3.8, 4) is 0 Å². The molecule has 2 nitrogen and oxygen atoms in total. The van der Waals surface area contributed by atoms with E-state index >= 15 is 0 Å². The predicted octanol–water partition coefficient (Wildman–Crippen LogP) is 2.83. The lowest BCUT2D eigenvalue weighted by molar-refractivity contribution is 0.188. The Morgan fingerprint density at radius 3 is 2.21 bits per heavy atom. The average molecular weight is 260 g/mol. The van der Waals surface area contributed by atoms with Gasteiger partial charge in [-0.1, -0.05) is 17.7 Å². The van der Waals surface area contributed by atoms with E-state index in [2.05, 4.69) is 37.8 Å². The summed E-state index contributed by atoms with van der Waals surface area (Å²) < 4.78 is 0. The Hall–Kier alpha value is -0.860. The van der Waals surface area contributed by atoms with Crippen LogP contribution in [-0.2, 0) is 6.42 Å². The Morgan fingerprint density at radius 2 is 1.68 bits per heavy atom. The fourth-order valence-electron chi connectivity index (χ4n) is 3.42. The summed E-state index contributed by atoms with van der Waals surface area (Å²) in [7, 11) is 0. The van der Waals surface area contributed by atoms with Gasteiger partial charge in [0.25, 0.3) is 0 Å². The monoisotopic (exact) mass is 260 g/mol. The van der Waals surface area contributed by atoms with Gasteiger partial charge in [0.15, 0.2) is 0 Å². The third-order valence-corrected chi connectivity index (χ3v) is 4.49. The summed E-state index contributed by atoms with van der Waals surface area (Å²) in [5.74, 6) is 0.856. The number of piperidine rings is 1. The van der Waals surface area contributed by atoms with E-state index in [-0.39, 0.29) is 0 Å². The van der Waals surface area contributed by atoms with Gasteiger partial charge in [0.2, 0.25) is 0 Å². The molecule has 0 atom stereocenters. The molecule has 1 aromatic rings. The third kappa shape index (κ3) is 3.80. The molecule has 0 aromatic heterocycles. The van der Waals surface area contributed by atoms with Crippen molar-refractivity contribution in [1.29, 1.82) is 0 Å². The second kappa shape index (κ2) is 6.53. The molecule has 1 heterocycles. The minimum atomic E-state index is 0.793. The Balaban J connectivity index is 1.96. The third-order valence-electron chi connectivity index (χ3n) is 4.49. The summed E-state index contributed by atoms with van der Waals surface area (Å²) in [6.45, 7) is 11.0. The van der Waals surface area contributed by atoms with Crippen LogP contribution in [0.4, 0.5) is 0 Å². The molecule has 0 aliphatic carbocycles. The van der Waals surface area contributed by atoms with E-state index in [1.54, 1.807) is 5.56 Å². The van der Waals surface area contributed by atoms with Crippen molar-refractivity contribution in [1.82, 2.24) is 4.90 Å². The number of aryl methyl sites for hydroxylation is 3. The minimum Gasteiger partial charge on any atom is -0.329 e. The quantitative estimate of drug-likeness (QED) is 0.902. The van der Waals surface area contributed by atoms with Crippen LogP contribution >= 0.6 is 0 Å². The number of rotatable bonds is 4. The molecule has 0 amide bonds. The molecule has 2 N–H and O–H groups in total. The zero-order chi connectivity index (χ0) is 13.8. The predicted molar refractivity (Wildman–Crippen MR) is 82.6 cm³/mol. The highest BCUT2D eigenvalue weighted by atomic mass is 15.1. The molecule has 1 fully saturated rings. The van der Waals surface area contributed by atoms with Crippen molar-refractivity contribution in [2.75, 3.05) is 26.2 Å². The number of benzene rings is 1. The van der Waals surface area contributed by atoms with E-state index in [4.69, 9.17) is 5.73 Å². The van der Waals surface area contributed by atoms with Gasteiger partial charge in [-0.15, -0.1) is 0 Å². The summed E-state index contributed by atoms with van der Waals surface area (Å²) >= 11 is 0. The Morgan fingerprint density at radius 1 is 1.11 bits per heavy atom. The summed E-state index contributed by atoms with van der Waals surface area (Å²) in [5, 5.41) is 0. The van der Waals surface area contributed by atoms with Crippen molar-refractivity contribution in [2.45, 2.75) is 40.0 Å². The number of nitrogens with zero attached hydrogens (tertiary/aromatic N) is 1. The van der Waals surface area contributed by atoms with Crippen LogP contribution in [0.2, 0.25) is 0 Å². The number of hydrogen-bond donors (Lipinski definition) is 1. The van der Waals surface area contributed by atoms with E-state index in [9.17, 15) is 0 Å². The van der Waals surface area contributed by atoms with Crippen LogP contribution in [0, 0.1) is 26.7 Å². The van der Waals surface area contributed by atoms with Crippen LogP contribution in [0.5, 0.6) is 0 Å². The van der Waals surface area contributed by atoms with E-state index in [1.807, 2.05) is 0 Å². The van der Waals surface area contributed by atoms with Gasteiger partial charge in [-0.05, 0) is 75.7 Å². The Labute approximate surface area is 118 Å². The molecule has 0 radical (unpaired) electrons. The highest BCUT2D eigenvalue weighted by molar-refractivity contribution is 5.37. The topological polar surface area (TPSA) is 29.3 Å². The van der Waals surface area contributed by atoms with E-state index in [1.165, 1.54) is 49.0 Å². The highest BCUT2D eigenvalue weighted by Gasteiger charge is 2.20. The molecule has 106 valence electrons. The van der Waals surface area contributed by atoms with Gasteiger partial charge in [0.1, 0.15) is 0 Å². The SMILES string of the molecule is Cc1cc(C)c(CC2CCN(CCN)CC2)c(C)c1. The van der Waals surface area contributed by atoms with Gasteiger partial charge in [-0.2, -0.15) is 0 Å². The van der Waals surface area contributed by atoms with Crippen molar-refractivity contribution in [2.24, 2.45) is 11.7 Å². The van der Waals surface area contributed by atoms with Gasteiger partial charge in [0, 0.05) is 13.1 Å². The summed E-state index contributed by atoms with van der Waals surface area (Å²) in [5.41, 5.74) is 11.5. The van der Waals surface area contributed by atoms with Gasteiger partial charge < -0.3 is 10.6 Å². The van der Waals surface area contributed by atoms with Crippen LogP contribution in [-0.4, -0.2) is 31.1 Å². The first-order chi connectivity index (χ1) is 9.10. The molecule has 0 saturated carbocycles. The van der Waals surface area contributed by atoms with E-state index in [0.717, 1.165) is 19.0 Å². The van der Waals surface area contributed by atoms with Gasteiger partial charge in [-0.25, -0.2) is 0 Å². The molecule has 1 aromatic carbocycles. The zero-order valence-electron chi connectivity index (χ0n) is 12.7. The first-order valence-corrected chi connectivity index (χ1v) is 7.59. The number of nitrogens with two attached hydrogens (primary N) is 1. The van der Waals surface area contributed by atoms with Crippen molar-refractivity contribution >= 4 is 0 Å². The molecular weight excluding hydrogens is 232 g/mol. The second-order valence-electron chi connectivity index (χ2n) is 6.16. The fraction of sp³-hybridized carbons (Fsp3) is 0.647. The molecule has 2 rings (SSSR count). The molecule has 0 spiro atoms. The van der Waals surface area contributed by atoms with Crippen LogP contribution in [0.25, 0.3) is 0 Å². The standard InChI is InChI=1S/C17H28N2/c1-13-10-14(2)17(15(3)11-13)12-16-4-7-19(8-5-16)9-6-18/h10-11,16H,4-9,12,18H2,1-3H3. The van der Waals surface area contributed by atoms with Gasteiger partial charge in [-0.3, -0.25) is 0 Å². The lowest BCUT2D eigenvalue weighted by atomic mass is 9.86. The zero-order valence-corrected chi connectivity index (χ0v) is 12.7. The summed E-state index contributed by atoms with van der Waals surface area (Å²) in [6, 6.07) is 4.65. The molecule has 1 saturated heterocycles. The van der Waals surface area contributed by atoms with E-state index < -0.39 is 0 Å². The van der Waals surface area contributed by atoms with Crippen LogP contribution in [0.15, 0.2) is 12.1 Å². The fourth-order valence-corrected chi connectivity index (χ4v) is 3.42. The molecular formula is C17H28N2. The molecule has 0 bridgehead atoms. The lowest BCUT2D eigenvalue weighted by Gasteiger charge is -2.32. The summed E-state index contributed by atoms with van der Waals surface area (Å²) in [4.78, 5) is 2.51. The highest BCUT2D eigenvalue weighted by Crippen LogP contribution is 2.25. The largest absolute Gasteiger partial charge is 0.329 e. The Kier molecular flexibility index (Phi) is 5.00. The minimum absolute atomic E-state index is 0.793. The maximum absolute atomic E-state index is 5.63. The number of hydrogen-bond acceptors (Lipinski definition) is 2. The molecule has 2 heteroatoms. The maximum Gasteiger partial charge on any atom is 0.0105 e. The first kappa shape index (κ1) is 14.5. The summed E-state index contributed by atoms with van der Waals surface area (Å²) in [6.07, 6.45) is 3.91. The molecule has 1 aliphatic heterocycles. The van der Waals surface area contributed by atoms with Crippen molar-refractivity contribution < 1.29 is 0 Å². The van der Waals surface area contributed by atoms with Gasteiger partial charge >= 0.3 is 0 Å². The first-order valence-electron chi connectivity index (χ1n) is 7.59. The second-order valence-corrected chi connectivity index (χ2v) is 6.16.